The van der Waals surface area contributed by atoms with E-state index in [9.17, 15) is 21.6 Å². The van der Waals surface area contributed by atoms with Crippen LogP contribution < -0.4 is 19.9 Å². The highest BCUT2D eigenvalue weighted by molar-refractivity contribution is 7.92. The summed E-state index contributed by atoms with van der Waals surface area (Å²) in [7, 11) is -6.23. The van der Waals surface area contributed by atoms with E-state index in [1.165, 1.54) is 48.5 Å². The summed E-state index contributed by atoms with van der Waals surface area (Å²) in [6, 6.07) is 17.8. The van der Waals surface area contributed by atoms with Crippen LogP contribution in [0.3, 0.4) is 0 Å². The van der Waals surface area contributed by atoms with Crippen LogP contribution in [0, 0.1) is 0 Å². The van der Waals surface area contributed by atoms with Crippen molar-refractivity contribution in [2.24, 2.45) is 5.14 Å². The Morgan fingerprint density at radius 2 is 1.34 bits per heavy atom. The van der Waals surface area contributed by atoms with Gasteiger partial charge in [0.15, 0.2) is 0 Å². The maximum Gasteiger partial charge on any atom is 0.261 e. The molecular weight excluding hydrogens is 454 g/mol. The molecule has 0 bridgehead atoms. The number of hydrogen-bond acceptors (Lipinski definition) is 6. The van der Waals surface area contributed by atoms with Crippen LogP contribution in [0.15, 0.2) is 82.6 Å². The summed E-state index contributed by atoms with van der Waals surface area (Å²) in [4.78, 5) is 12.1. The standard InChI is InChI=1S/C21H21N3O6S2/c1-30-18-8-2-15(3-9-18)14-21(25)23-16-4-12-20(13-5-16)32(28,29)24-17-6-10-19(11-7-17)31(22,26)27/h2-13,24H,14H2,1H3,(H,23,25)(H2,22,26,27). The van der Waals surface area contributed by atoms with Crippen molar-refractivity contribution in [1.29, 1.82) is 0 Å². The molecule has 0 aromatic heterocycles. The van der Waals surface area contributed by atoms with Crippen LogP contribution in [0.1, 0.15) is 5.56 Å². The Balaban J connectivity index is 1.63. The van der Waals surface area contributed by atoms with Gasteiger partial charge in [0, 0.05) is 11.4 Å². The molecule has 0 unspecified atom stereocenters. The molecule has 9 nitrogen and oxygen atoms in total. The lowest BCUT2D eigenvalue weighted by molar-refractivity contribution is -0.115. The number of methoxy groups -OCH3 is 1. The van der Waals surface area contributed by atoms with E-state index in [1.807, 2.05) is 0 Å². The number of rotatable bonds is 8. The van der Waals surface area contributed by atoms with Gasteiger partial charge in [-0.3, -0.25) is 9.52 Å². The molecule has 0 aliphatic rings. The first-order chi connectivity index (χ1) is 15.1. The van der Waals surface area contributed by atoms with Crippen LogP contribution in [0.5, 0.6) is 5.75 Å². The Labute approximate surface area is 186 Å². The number of amides is 1. The molecule has 32 heavy (non-hydrogen) atoms. The van der Waals surface area contributed by atoms with Gasteiger partial charge in [-0.05, 0) is 66.2 Å². The lowest BCUT2D eigenvalue weighted by atomic mass is 10.1. The molecule has 0 fully saturated rings. The van der Waals surface area contributed by atoms with Crippen LogP contribution in [0.2, 0.25) is 0 Å². The smallest absolute Gasteiger partial charge is 0.261 e. The second-order valence-electron chi connectivity index (χ2n) is 6.77. The van der Waals surface area contributed by atoms with E-state index in [4.69, 9.17) is 9.88 Å². The van der Waals surface area contributed by atoms with E-state index in [0.29, 0.717) is 11.4 Å². The van der Waals surface area contributed by atoms with Gasteiger partial charge in [-0.1, -0.05) is 12.1 Å². The van der Waals surface area contributed by atoms with E-state index < -0.39 is 20.0 Å². The zero-order valence-corrected chi connectivity index (χ0v) is 18.6. The fourth-order valence-corrected chi connectivity index (χ4v) is 4.35. The zero-order chi connectivity index (χ0) is 23.4. The van der Waals surface area contributed by atoms with Gasteiger partial charge in [0.2, 0.25) is 15.9 Å². The van der Waals surface area contributed by atoms with Crippen molar-refractivity contribution in [3.05, 3.63) is 78.4 Å². The molecule has 0 spiro atoms. The third kappa shape index (κ3) is 6.06. The minimum absolute atomic E-state index is 0.0267. The van der Waals surface area contributed by atoms with Crippen molar-refractivity contribution in [2.75, 3.05) is 17.1 Å². The summed E-state index contributed by atoms with van der Waals surface area (Å²) >= 11 is 0. The largest absolute Gasteiger partial charge is 0.497 e. The van der Waals surface area contributed by atoms with Gasteiger partial charge >= 0.3 is 0 Å². The lowest BCUT2D eigenvalue weighted by Crippen LogP contribution is -2.15. The van der Waals surface area contributed by atoms with Gasteiger partial charge in [-0.2, -0.15) is 0 Å². The summed E-state index contributed by atoms with van der Waals surface area (Å²) in [5, 5.41) is 7.74. The van der Waals surface area contributed by atoms with Crippen LogP contribution in [-0.2, 0) is 31.3 Å². The van der Waals surface area contributed by atoms with Crippen molar-refractivity contribution < 1.29 is 26.4 Å². The first kappa shape index (κ1) is 23.3. The summed E-state index contributed by atoms with van der Waals surface area (Å²) in [5.74, 6) is 0.443. The molecule has 0 saturated carbocycles. The summed E-state index contributed by atoms with van der Waals surface area (Å²) < 4.78 is 55.1. The number of nitrogens with one attached hydrogen (secondary N) is 2. The number of nitrogens with two attached hydrogens (primary N) is 1. The quantitative estimate of drug-likeness (QED) is 0.456. The Morgan fingerprint density at radius 3 is 1.88 bits per heavy atom. The van der Waals surface area contributed by atoms with E-state index in [-0.39, 0.29) is 27.8 Å². The topological polar surface area (TPSA) is 145 Å². The Hall–Kier alpha value is -3.41. The van der Waals surface area contributed by atoms with Gasteiger partial charge in [0.1, 0.15) is 5.75 Å². The van der Waals surface area contributed by atoms with Crippen LogP contribution in [0.25, 0.3) is 0 Å². The molecule has 1 amide bonds. The van der Waals surface area contributed by atoms with Crippen LogP contribution in [0.4, 0.5) is 11.4 Å². The molecule has 4 N–H and O–H groups in total. The van der Waals surface area contributed by atoms with E-state index in [1.54, 1.807) is 31.4 Å². The number of primary sulfonamides is 1. The normalized spacial score (nSPS) is 11.6. The van der Waals surface area contributed by atoms with Gasteiger partial charge in [-0.25, -0.2) is 22.0 Å². The molecule has 3 aromatic rings. The maximum atomic E-state index is 12.6. The molecule has 3 aromatic carbocycles. The molecule has 168 valence electrons. The van der Waals surface area contributed by atoms with Gasteiger partial charge in [0.25, 0.3) is 10.0 Å². The summed E-state index contributed by atoms with van der Waals surface area (Å²) in [6.45, 7) is 0. The Morgan fingerprint density at radius 1 is 0.812 bits per heavy atom. The SMILES string of the molecule is COc1ccc(CC(=O)Nc2ccc(S(=O)(=O)Nc3ccc(S(N)(=O)=O)cc3)cc2)cc1. The molecule has 0 atom stereocenters. The maximum absolute atomic E-state index is 12.6. The van der Waals surface area contributed by atoms with Crippen molar-refractivity contribution in [2.45, 2.75) is 16.2 Å². The minimum Gasteiger partial charge on any atom is -0.497 e. The van der Waals surface area contributed by atoms with E-state index >= 15 is 0 Å². The molecule has 0 saturated heterocycles. The average Bonchev–Trinajstić information content (AvgIpc) is 2.74. The molecule has 3 rings (SSSR count). The number of hydrogen-bond donors (Lipinski definition) is 3. The van der Waals surface area contributed by atoms with Gasteiger partial charge < -0.3 is 10.1 Å². The number of sulfonamides is 2. The van der Waals surface area contributed by atoms with E-state index in [0.717, 1.165) is 5.56 Å². The summed E-state index contributed by atoms with van der Waals surface area (Å²) in [6.07, 6.45) is 0.153. The number of ether oxygens (including phenoxy) is 1. The Kier molecular flexibility index (Phi) is 6.82. The average molecular weight is 476 g/mol. The fourth-order valence-electron chi connectivity index (χ4n) is 2.78. The number of benzene rings is 3. The van der Waals surface area contributed by atoms with Gasteiger partial charge in [-0.15, -0.1) is 0 Å². The summed E-state index contributed by atoms with van der Waals surface area (Å²) in [5.41, 5.74) is 1.43. The first-order valence-corrected chi connectivity index (χ1v) is 12.3. The highest BCUT2D eigenvalue weighted by atomic mass is 32.2. The molecular formula is C21H21N3O6S2. The van der Waals surface area contributed by atoms with Crippen molar-refractivity contribution in [3.8, 4) is 5.75 Å². The number of carbonyl (C=O) groups excluding carboxylic acids is 1. The van der Waals surface area contributed by atoms with Crippen molar-refractivity contribution in [3.63, 3.8) is 0 Å². The third-order valence-electron chi connectivity index (χ3n) is 4.41. The number of carbonyl (C=O) groups is 1. The highest BCUT2D eigenvalue weighted by Crippen LogP contribution is 2.20. The van der Waals surface area contributed by atoms with Crippen molar-refractivity contribution in [1.82, 2.24) is 0 Å². The molecule has 11 heteroatoms. The second kappa shape index (κ2) is 9.39. The van der Waals surface area contributed by atoms with Gasteiger partial charge in [0.05, 0.1) is 23.3 Å². The van der Waals surface area contributed by atoms with E-state index in [2.05, 4.69) is 10.0 Å². The predicted octanol–water partition coefficient (Wildman–Crippen LogP) is 2.32. The molecule has 0 aliphatic carbocycles. The van der Waals surface area contributed by atoms with Crippen LogP contribution in [-0.4, -0.2) is 29.9 Å². The molecule has 0 radical (unpaired) electrons. The van der Waals surface area contributed by atoms with Crippen LogP contribution >= 0.6 is 0 Å². The van der Waals surface area contributed by atoms with Crippen molar-refractivity contribution >= 4 is 37.3 Å². The highest BCUT2D eigenvalue weighted by Gasteiger charge is 2.15. The molecule has 0 aliphatic heterocycles. The first-order valence-electron chi connectivity index (χ1n) is 9.25. The Bertz CT molecular complexity index is 1300. The second-order valence-corrected chi connectivity index (χ2v) is 10.0. The zero-order valence-electron chi connectivity index (χ0n) is 17.0. The lowest BCUT2D eigenvalue weighted by Gasteiger charge is -2.10. The fraction of sp³-hybridized carbons (Fsp3) is 0.0952. The monoisotopic (exact) mass is 475 g/mol. The predicted molar refractivity (Wildman–Crippen MR) is 120 cm³/mol. The third-order valence-corrected chi connectivity index (χ3v) is 6.73. The number of anilines is 2. The molecule has 0 heterocycles. The minimum atomic E-state index is -3.92.